The van der Waals surface area contributed by atoms with Gasteiger partial charge in [0.2, 0.25) is 11.8 Å². The predicted molar refractivity (Wildman–Crippen MR) is 116 cm³/mol. The number of nitrogens with zero attached hydrogens (tertiary/aromatic N) is 2. The SMILES string of the molecule is O=C(C[C@H]1S/C(=N/N=C2CCCCCCC2)NC1=O)Nc1cccc(Cl)c1Cl. The van der Waals surface area contributed by atoms with Gasteiger partial charge in [-0.1, -0.05) is 60.3 Å². The first kappa shape index (κ1) is 21.1. The van der Waals surface area contributed by atoms with Gasteiger partial charge in [-0.2, -0.15) is 5.10 Å². The summed E-state index contributed by atoms with van der Waals surface area (Å²) in [6, 6.07) is 4.99. The van der Waals surface area contributed by atoms with Gasteiger partial charge in [0.15, 0.2) is 5.17 Å². The average Bonchev–Trinajstić information content (AvgIpc) is 2.97. The summed E-state index contributed by atoms with van der Waals surface area (Å²) in [7, 11) is 0. The molecule has 0 unspecified atom stereocenters. The van der Waals surface area contributed by atoms with Gasteiger partial charge in [-0.15, -0.1) is 5.10 Å². The number of hydrogen-bond donors (Lipinski definition) is 2. The molecule has 150 valence electrons. The molecule has 0 bridgehead atoms. The fourth-order valence-corrected chi connectivity index (χ4v) is 4.35. The largest absolute Gasteiger partial charge is 0.325 e. The Labute approximate surface area is 178 Å². The van der Waals surface area contributed by atoms with Crippen LogP contribution >= 0.6 is 35.0 Å². The van der Waals surface area contributed by atoms with E-state index in [4.69, 9.17) is 23.2 Å². The van der Waals surface area contributed by atoms with E-state index in [0.29, 0.717) is 15.9 Å². The number of benzene rings is 1. The summed E-state index contributed by atoms with van der Waals surface area (Å²) in [6.07, 6.45) is 7.95. The van der Waals surface area contributed by atoms with Gasteiger partial charge in [-0.05, 0) is 37.8 Å². The molecule has 1 heterocycles. The number of anilines is 1. The lowest BCUT2D eigenvalue weighted by Crippen LogP contribution is -2.28. The molecule has 1 atom stereocenters. The topological polar surface area (TPSA) is 82.9 Å². The summed E-state index contributed by atoms with van der Waals surface area (Å²) >= 11 is 13.3. The van der Waals surface area contributed by atoms with Crippen LogP contribution in [0, 0.1) is 0 Å². The number of rotatable bonds is 4. The van der Waals surface area contributed by atoms with Crippen molar-refractivity contribution >= 4 is 63.3 Å². The fourth-order valence-electron chi connectivity index (χ4n) is 3.09. The van der Waals surface area contributed by atoms with Crippen LogP contribution in [0.2, 0.25) is 10.0 Å². The van der Waals surface area contributed by atoms with Crippen LogP contribution in [0.1, 0.15) is 51.4 Å². The second kappa shape index (κ2) is 10.3. The zero-order chi connectivity index (χ0) is 19.9. The summed E-state index contributed by atoms with van der Waals surface area (Å²) < 4.78 is 0. The van der Waals surface area contributed by atoms with E-state index in [9.17, 15) is 9.59 Å². The third-order valence-corrected chi connectivity index (χ3v) is 6.48. The van der Waals surface area contributed by atoms with E-state index < -0.39 is 5.25 Å². The van der Waals surface area contributed by atoms with Gasteiger partial charge in [0.05, 0.1) is 15.7 Å². The normalized spacial score (nSPS) is 21.8. The van der Waals surface area contributed by atoms with Gasteiger partial charge in [0.25, 0.3) is 0 Å². The van der Waals surface area contributed by atoms with E-state index in [1.54, 1.807) is 18.2 Å². The zero-order valence-corrected chi connectivity index (χ0v) is 17.7. The van der Waals surface area contributed by atoms with Gasteiger partial charge in [0.1, 0.15) is 5.25 Å². The molecule has 1 saturated heterocycles. The number of amides is 2. The Balaban J connectivity index is 1.56. The number of carbonyl (C=O) groups excluding carboxylic acids is 2. The minimum absolute atomic E-state index is 0.00886. The van der Waals surface area contributed by atoms with Crippen molar-refractivity contribution < 1.29 is 9.59 Å². The minimum Gasteiger partial charge on any atom is -0.325 e. The van der Waals surface area contributed by atoms with Crippen molar-refractivity contribution in [2.24, 2.45) is 10.2 Å². The lowest BCUT2D eigenvalue weighted by atomic mass is 9.99. The molecule has 1 aliphatic heterocycles. The first-order valence-electron chi connectivity index (χ1n) is 9.37. The van der Waals surface area contributed by atoms with E-state index >= 15 is 0 Å². The lowest BCUT2D eigenvalue weighted by Gasteiger charge is -2.09. The molecule has 28 heavy (non-hydrogen) atoms. The number of amidine groups is 1. The number of halogens is 2. The molecule has 3 rings (SSSR count). The van der Waals surface area contributed by atoms with E-state index in [1.165, 1.54) is 31.0 Å². The molecule has 2 fully saturated rings. The van der Waals surface area contributed by atoms with Crippen molar-refractivity contribution in [1.29, 1.82) is 0 Å². The highest BCUT2D eigenvalue weighted by molar-refractivity contribution is 8.15. The molecule has 1 aromatic carbocycles. The number of thioether (sulfide) groups is 1. The first-order chi connectivity index (χ1) is 13.5. The van der Waals surface area contributed by atoms with Crippen molar-refractivity contribution in [2.75, 3.05) is 5.32 Å². The Bertz CT molecular complexity index is 803. The number of nitrogens with one attached hydrogen (secondary N) is 2. The predicted octanol–water partition coefficient (Wildman–Crippen LogP) is 5.01. The lowest BCUT2D eigenvalue weighted by molar-refractivity contribution is -0.122. The summed E-state index contributed by atoms with van der Waals surface area (Å²) in [6.45, 7) is 0. The summed E-state index contributed by atoms with van der Waals surface area (Å²) in [5.41, 5.74) is 1.51. The van der Waals surface area contributed by atoms with Crippen LogP contribution in [0.4, 0.5) is 5.69 Å². The molecular weight excluding hydrogens is 419 g/mol. The summed E-state index contributed by atoms with van der Waals surface area (Å²) in [4.78, 5) is 24.4. The standard InChI is InChI=1S/C19H22Cl2N4O2S/c20-13-9-6-10-14(17(13)21)22-16(26)11-15-18(27)23-19(28-15)25-24-12-7-4-2-1-3-5-8-12/h6,9-10,15H,1-5,7-8,11H2,(H,22,26)(H,23,25,27)/t15-/m1/s1. The van der Waals surface area contributed by atoms with Gasteiger partial charge >= 0.3 is 0 Å². The Kier molecular flexibility index (Phi) is 7.76. The maximum atomic E-state index is 12.3. The third kappa shape index (κ3) is 5.96. The maximum absolute atomic E-state index is 12.3. The van der Waals surface area contributed by atoms with Crippen LogP contribution < -0.4 is 10.6 Å². The molecule has 0 radical (unpaired) electrons. The van der Waals surface area contributed by atoms with Gasteiger partial charge in [-0.3, -0.25) is 9.59 Å². The third-order valence-electron chi connectivity index (χ3n) is 4.59. The molecule has 2 aliphatic rings. The molecule has 1 aliphatic carbocycles. The number of carbonyl (C=O) groups is 2. The Hall–Kier alpha value is -1.57. The first-order valence-corrected chi connectivity index (χ1v) is 11.0. The highest BCUT2D eigenvalue weighted by atomic mass is 35.5. The molecule has 1 saturated carbocycles. The van der Waals surface area contributed by atoms with Crippen LogP contribution in [-0.2, 0) is 9.59 Å². The Morgan fingerprint density at radius 3 is 2.61 bits per heavy atom. The molecule has 9 heteroatoms. The molecule has 2 N–H and O–H groups in total. The van der Waals surface area contributed by atoms with Crippen LogP contribution in [0.3, 0.4) is 0 Å². The van der Waals surface area contributed by atoms with Crippen LogP contribution in [-0.4, -0.2) is 27.9 Å². The summed E-state index contributed by atoms with van der Waals surface area (Å²) in [5.74, 6) is -0.557. The Morgan fingerprint density at radius 1 is 1.14 bits per heavy atom. The number of hydrogen-bond acceptors (Lipinski definition) is 5. The smallest absolute Gasteiger partial charge is 0.240 e. The van der Waals surface area contributed by atoms with Crippen LogP contribution in [0.15, 0.2) is 28.4 Å². The van der Waals surface area contributed by atoms with E-state index in [2.05, 4.69) is 20.8 Å². The van der Waals surface area contributed by atoms with Crippen molar-refractivity contribution in [3.63, 3.8) is 0 Å². The second-order valence-corrected chi connectivity index (χ2v) is 8.77. The molecule has 6 nitrogen and oxygen atoms in total. The average molecular weight is 441 g/mol. The zero-order valence-electron chi connectivity index (χ0n) is 15.3. The second-order valence-electron chi connectivity index (χ2n) is 6.79. The molecule has 1 aromatic rings. The van der Waals surface area contributed by atoms with Crippen LogP contribution in [0.25, 0.3) is 0 Å². The molecule has 2 amide bonds. The molecule has 0 spiro atoms. The van der Waals surface area contributed by atoms with E-state index in [1.807, 2.05) is 0 Å². The fraction of sp³-hybridized carbons (Fsp3) is 0.474. The minimum atomic E-state index is -0.547. The van der Waals surface area contributed by atoms with E-state index in [-0.39, 0.29) is 23.3 Å². The van der Waals surface area contributed by atoms with Crippen molar-refractivity contribution in [1.82, 2.24) is 5.32 Å². The van der Waals surface area contributed by atoms with Crippen LogP contribution in [0.5, 0.6) is 0 Å². The van der Waals surface area contributed by atoms with Crippen molar-refractivity contribution in [3.05, 3.63) is 28.2 Å². The van der Waals surface area contributed by atoms with Gasteiger partial charge in [-0.25, -0.2) is 0 Å². The van der Waals surface area contributed by atoms with Crippen molar-refractivity contribution in [3.8, 4) is 0 Å². The van der Waals surface area contributed by atoms with Crippen molar-refractivity contribution in [2.45, 2.75) is 56.6 Å². The highest BCUT2D eigenvalue weighted by Crippen LogP contribution is 2.30. The van der Waals surface area contributed by atoms with Gasteiger partial charge < -0.3 is 10.6 Å². The monoisotopic (exact) mass is 440 g/mol. The molecule has 0 aromatic heterocycles. The quantitative estimate of drug-likeness (QED) is 0.645. The molecular formula is C19H22Cl2N4O2S. The summed E-state index contributed by atoms with van der Waals surface area (Å²) in [5, 5.41) is 14.5. The Morgan fingerprint density at radius 2 is 1.86 bits per heavy atom. The maximum Gasteiger partial charge on any atom is 0.240 e. The van der Waals surface area contributed by atoms with Gasteiger partial charge in [0, 0.05) is 12.1 Å². The van der Waals surface area contributed by atoms with E-state index in [0.717, 1.165) is 31.4 Å². The highest BCUT2D eigenvalue weighted by Gasteiger charge is 2.32.